The van der Waals surface area contributed by atoms with Crippen LogP contribution in [0.4, 0.5) is 15.8 Å². The van der Waals surface area contributed by atoms with Crippen LogP contribution < -0.4 is 20.1 Å². The Kier molecular flexibility index (Phi) is 10.5. The van der Waals surface area contributed by atoms with Crippen LogP contribution in [-0.2, 0) is 22.6 Å². The van der Waals surface area contributed by atoms with Crippen molar-refractivity contribution in [2.24, 2.45) is 0 Å². The minimum absolute atomic E-state index is 0.164. The molecule has 0 atom stereocenters. The summed E-state index contributed by atoms with van der Waals surface area (Å²) in [4.78, 5) is 4.48. The maximum absolute atomic E-state index is 13.5. The van der Waals surface area contributed by atoms with E-state index in [1.54, 1.807) is 37.4 Å². The second-order valence-corrected chi connectivity index (χ2v) is 11.7. The van der Waals surface area contributed by atoms with Crippen LogP contribution in [0, 0.1) is 17.1 Å². The summed E-state index contributed by atoms with van der Waals surface area (Å²) >= 11 is 13.6. The lowest BCUT2D eigenvalue weighted by atomic mass is 10.0. The Labute approximate surface area is 263 Å². The number of nitrogens with zero attached hydrogens (tertiary/aromatic N) is 2. The van der Waals surface area contributed by atoms with Crippen LogP contribution in [0.2, 0.25) is 5.02 Å². The summed E-state index contributed by atoms with van der Waals surface area (Å²) < 4.78 is 36.5. The summed E-state index contributed by atoms with van der Waals surface area (Å²) in [5.41, 5.74) is 3.77. The molecule has 43 heavy (non-hydrogen) atoms. The molecule has 4 aromatic rings. The largest absolute Gasteiger partial charge is 0.496 e. The second kappa shape index (κ2) is 14.7. The van der Waals surface area contributed by atoms with Crippen LogP contribution in [0.1, 0.15) is 23.1 Å². The third kappa shape index (κ3) is 8.04. The summed E-state index contributed by atoms with van der Waals surface area (Å²) in [5, 5.41) is 17.6. The first-order valence-corrected chi connectivity index (χ1v) is 15.2. The molecule has 2 heterocycles. The van der Waals surface area contributed by atoms with Gasteiger partial charge >= 0.3 is 0 Å². The van der Waals surface area contributed by atoms with Gasteiger partial charge in [0.1, 0.15) is 34.3 Å². The van der Waals surface area contributed by atoms with Gasteiger partial charge < -0.3 is 29.6 Å². The van der Waals surface area contributed by atoms with Gasteiger partial charge in [-0.25, -0.2) is 4.39 Å². The average Bonchev–Trinajstić information content (AvgIpc) is 3.53. The summed E-state index contributed by atoms with van der Waals surface area (Å²) in [7, 11) is 1.60. The summed E-state index contributed by atoms with van der Waals surface area (Å²) in [6.07, 6.45) is 2.11. The first-order chi connectivity index (χ1) is 20.9. The standard InChI is InChI=1S/C31H28ClFN4O4S2/c1-38-28-14-26-24(12-20(28)16-36-31(42)43-10-7-29-39-8-9-40-29)30(21(15-34)17-35-26)37-23-5-6-27(25(32)13-23)41-18-19-3-2-4-22(33)11-19/h2-6,11-14,17,29H,7-10,16,18H2,1H3,(H,35,37)(H,36,42). The highest BCUT2D eigenvalue weighted by Crippen LogP contribution is 2.35. The predicted octanol–water partition coefficient (Wildman–Crippen LogP) is 7.10. The number of fused-ring (bicyclic) bond motifs is 1. The fraction of sp³-hybridized carbons (Fsp3) is 0.258. The molecular weight excluding hydrogens is 611 g/mol. The normalized spacial score (nSPS) is 13.1. The number of ether oxygens (including phenoxy) is 4. The highest BCUT2D eigenvalue weighted by Gasteiger charge is 2.17. The Morgan fingerprint density at radius 1 is 1.19 bits per heavy atom. The number of anilines is 2. The van der Waals surface area contributed by atoms with Crippen LogP contribution in [0.5, 0.6) is 11.5 Å². The number of thioether (sulfide) groups is 1. The molecule has 1 aliphatic heterocycles. The zero-order chi connectivity index (χ0) is 30.2. The van der Waals surface area contributed by atoms with E-state index in [9.17, 15) is 9.65 Å². The number of methoxy groups -OCH3 is 1. The molecule has 0 amide bonds. The topological polar surface area (TPSA) is 97.7 Å². The highest BCUT2D eigenvalue weighted by molar-refractivity contribution is 8.22. The van der Waals surface area contributed by atoms with Crippen LogP contribution >= 0.6 is 35.6 Å². The van der Waals surface area contributed by atoms with Crippen molar-refractivity contribution in [3.8, 4) is 17.6 Å². The molecule has 222 valence electrons. The number of nitriles is 1. The van der Waals surface area contributed by atoms with Gasteiger partial charge in [0.25, 0.3) is 0 Å². The summed E-state index contributed by atoms with van der Waals surface area (Å²) in [6.45, 7) is 1.84. The molecule has 1 saturated heterocycles. The lowest BCUT2D eigenvalue weighted by molar-refractivity contribution is -0.0421. The minimum atomic E-state index is -0.330. The van der Waals surface area contributed by atoms with E-state index in [0.29, 0.717) is 68.6 Å². The predicted molar refractivity (Wildman–Crippen MR) is 171 cm³/mol. The zero-order valence-corrected chi connectivity index (χ0v) is 25.6. The quantitative estimate of drug-likeness (QED) is 0.166. The lowest BCUT2D eigenvalue weighted by Crippen LogP contribution is -2.19. The summed E-state index contributed by atoms with van der Waals surface area (Å²) in [6, 6.07) is 17.4. The molecule has 1 aromatic heterocycles. The van der Waals surface area contributed by atoms with Crippen molar-refractivity contribution in [3.05, 3.63) is 88.3 Å². The third-order valence-electron chi connectivity index (χ3n) is 6.58. The van der Waals surface area contributed by atoms with E-state index >= 15 is 0 Å². The van der Waals surface area contributed by atoms with Crippen LogP contribution in [0.3, 0.4) is 0 Å². The highest BCUT2D eigenvalue weighted by atomic mass is 35.5. The smallest absolute Gasteiger partial charge is 0.158 e. The number of benzene rings is 3. The first-order valence-electron chi connectivity index (χ1n) is 13.4. The number of hydrogen-bond donors (Lipinski definition) is 2. The van der Waals surface area contributed by atoms with E-state index in [2.05, 4.69) is 21.7 Å². The Balaban J connectivity index is 1.32. The Morgan fingerprint density at radius 3 is 2.77 bits per heavy atom. The fourth-order valence-corrected chi connectivity index (χ4v) is 5.71. The maximum Gasteiger partial charge on any atom is 0.158 e. The van der Waals surface area contributed by atoms with E-state index in [4.69, 9.17) is 42.8 Å². The molecule has 0 unspecified atom stereocenters. The molecule has 0 aliphatic carbocycles. The fourth-order valence-electron chi connectivity index (χ4n) is 4.48. The number of rotatable bonds is 11. The van der Waals surface area contributed by atoms with Crippen LogP contribution in [-0.4, -0.2) is 41.7 Å². The van der Waals surface area contributed by atoms with Crippen LogP contribution in [0.25, 0.3) is 10.9 Å². The van der Waals surface area contributed by atoms with Crippen molar-refractivity contribution in [2.75, 3.05) is 31.4 Å². The van der Waals surface area contributed by atoms with Crippen molar-refractivity contribution in [3.63, 3.8) is 0 Å². The SMILES string of the molecule is COc1cc2ncc(C#N)c(Nc3ccc(OCc4cccc(F)c4)c(Cl)c3)c2cc1CNC(=S)SCCC1OCCO1. The first kappa shape index (κ1) is 30.8. The molecule has 8 nitrogen and oxygen atoms in total. The lowest BCUT2D eigenvalue weighted by Gasteiger charge is -2.16. The van der Waals surface area contributed by atoms with E-state index in [1.807, 2.05) is 12.1 Å². The van der Waals surface area contributed by atoms with Crippen LogP contribution in [0.15, 0.2) is 60.8 Å². The molecule has 2 N–H and O–H groups in total. The van der Waals surface area contributed by atoms with Gasteiger partial charge in [0.05, 0.1) is 42.1 Å². The van der Waals surface area contributed by atoms with Crippen molar-refractivity contribution >= 4 is 62.2 Å². The van der Waals surface area contributed by atoms with E-state index < -0.39 is 0 Å². The number of thiocarbonyl (C=S) groups is 1. The number of aromatic nitrogens is 1. The average molecular weight is 639 g/mol. The van der Waals surface area contributed by atoms with Crippen molar-refractivity contribution in [1.29, 1.82) is 5.26 Å². The number of pyridine rings is 1. The number of nitrogens with one attached hydrogen (secondary N) is 2. The van der Waals surface area contributed by atoms with Gasteiger partial charge in [-0.1, -0.05) is 47.7 Å². The monoisotopic (exact) mass is 638 g/mol. The van der Waals surface area contributed by atoms with E-state index in [0.717, 1.165) is 23.1 Å². The Bertz CT molecular complexity index is 1660. The molecule has 0 spiro atoms. The van der Waals surface area contributed by atoms with Crippen molar-refractivity contribution in [2.45, 2.75) is 25.9 Å². The minimum Gasteiger partial charge on any atom is -0.496 e. The Morgan fingerprint density at radius 2 is 2.02 bits per heavy atom. The molecule has 5 rings (SSSR count). The van der Waals surface area contributed by atoms with Gasteiger partial charge in [-0.3, -0.25) is 4.98 Å². The number of hydrogen-bond acceptors (Lipinski definition) is 9. The molecule has 0 saturated carbocycles. The van der Waals surface area contributed by atoms with Gasteiger partial charge in [0.2, 0.25) is 0 Å². The maximum atomic E-state index is 13.5. The van der Waals surface area contributed by atoms with Gasteiger partial charge in [-0.05, 0) is 42.0 Å². The molecule has 3 aromatic carbocycles. The molecule has 1 fully saturated rings. The molecule has 12 heteroatoms. The Hall–Kier alpha value is -3.66. The van der Waals surface area contributed by atoms with E-state index in [-0.39, 0.29) is 18.7 Å². The van der Waals surface area contributed by atoms with Gasteiger partial charge in [-0.2, -0.15) is 5.26 Å². The third-order valence-corrected chi connectivity index (χ3v) is 8.22. The zero-order valence-electron chi connectivity index (χ0n) is 23.2. The second-order valence-electron chi connectivity index (χ2n) is 9.48. The number of halogens is 2. The molecule has 1 aliphatic rings. The molecular formula is C31H28ClFN4O4S2. The molecule has 0 bridgehead atoms. The molecule has 0 radical (unpaired) electrons. The van der Waals surface area contributed by atoms with Gasteiger partial charge in [0, 0.05) is 47.6 Å². The van der Waals surface area contributed by atoms with Gasteiger partial charge in [0.15, 0.2) is 6.29 Å². The van der Waals surface area contributed by atoms with E-state index in [1.165, 1.54) is 30.1 Å². The van der Waals surface area contributed by atoms with Gasteiger partial charge in [-0.15, -0.1) is 0 Å². The summed E-state index contributed by atoms with van der Waals surface area (Å²) in [5.74, 6) is 1.54. The van der Waals surface area contributed by atoms with Crippen molar-refractivity contribution in [1.82, 2.24) is 10.3 Å². The van der Waals surface area contributed by atoms with Crippen molar-refractivity contribution < 1.29 is 23.3 Å².